The minimum absolute atomic E-state index is 0.171. The number of para-hydroxylation sites is 1. The molecule has 1 amide bonds. The minimum atomic E-state index is -1.20. The first-order valence-corrected chi connectivity index (χ1v) is 11.7. The van der Waals surface area contributed by atoms with Gasteiger partial charge in [0.2, 0.25) is 0 Å². The summed E-state index contributed by atoms with van der Waals surface area (Å²) < 4.78 is 1.59. The van der Waals surface area contributed by atoms with Crippen molar-refractivity contribution in [1.29, 1.82) is 0 Å². The van der Waals surface area contributed by atoms with E-state index < -0.39 is 16.8 Å². The van der Waals surface area contributed by atoms with Crippen LogP contribution in [0.4, 0.5) is 0 Å². The molecule has 170 valence electrons. The number of fused-ring (bicyclic) bond motifs is 2. The molecule has 1 unspecified atom stereocenters. The highest BCUT2D eigenvalue weighted by molar-refractivity contribution is 6.53. The Balaban J connectivity index is 1.98. The third-order valence-corrected chi connectivity index (χ3v) is 6.04. The van der Waals surface area contributed by atoms with Crippen molar-refractivity contribution in [2.75, 3.05) is 6.54 Å². The minimum Gasteiger partial charge on any atom is -0.330 e. The topological polar surface area (TPSA) is 55.2 Å². The fourth-order valence-electron chi connectivity index (χ4n) is 4.09. The summed E-state index contributed by atoms with van der Waals surface area (Å²) in [5.74, 6) is 0.216. The summed E-state index contributed by atoms with van der Waals surface area (Å²) in [6.45, 7) is 6.30. The van der Waals surface area contributed by atoms with E-state index in [0.717, 1.165) is 10.8 Å². The maximum Gasteiger partial charge on any atom is 0.266 e. The number of alkyl halides is 2. The molecule has 0 aliphatic carbocycles. The zero-order chi connectivity index (χ0) is 23.7. The van der Waals surface area contributed by atoms with Crippen LogP contribution >= 0.6 is 23.2 Å². The first-order valence-electron chi connectivity index (χ1n) is 10.9. The second kappa shape index (κ2) is 9.54. The highest BCUT2D eigenvalue weighted by atomic mass is 35.5. The van der Waals surface area contributed by atoms with Crippen LogP contribution in [0.1, 0.15) is 32.6 Å². The smallest absolute Gasteiger partial charge is 0.266 e. The van der Waals surface area contributed by atoms with Crippen LogP contribution in [-0.2, 0) is 4.79 Å². The summed E-state index contributed by atoms with van der Waals surface area (Å²) >= 11 is 11.9. The number of aromatic nitrogens is 2. The second-order valence-electron chi connectivity index (χ2n) is 8.52. The largest absolute Gasteiger partial charge is 0.330 e. The van der Waals surface area contributed by atoms with Crippen molar-refractivity contribution in [1.82, 2.24) is 14.5 Å². The fourth-order valence-corrected chi connectivity index (χ4v) is 4.34. The Bertz CT molecular complexity index is 1380. The van der Waals surface area contributed by atoms with E-state index in [2.05, 4.69) is 0 Å². The summed E-state index contributed by atoms with van der Waals surface area (Å²) in [4.78, 5) is 31.9. The van der Waals surface area contributed by atoms with Gasteiger partial charge in [0.25, 0.3) is 11.5 Å². The number of nitrogens with zero attached hydrogens (tertiary/aromatic N) is 3. The summed E-state index contributed by atoms with van der Waals surface area (Å²) in [5, 5.41) is 2.59. The maximum atomic E-state index is 13.7. The zero-order valence-corrected chi connectivity index (χ0v) is 20.2. The van der Waals surface area contributed by atoms with E-state index in [1.165, 1.54) is 0 Å². The monoisotopic (exact) mass is 481 g/mol. The Morgan fingerprint density at radius 1 is 0.970 bits per heavy atom. The van der Waals surface area contributed by atoms with Gasteiger partial charge in [0, 0.05) is 6.54 Å². The van der Waals surface area contributed by atoms with Crippen molar-refractivity contribution in [3.05, 3.63) is 82.9 Å². The predicted octanol–water partition coefficient (Wildman–Crippen LogP) is 5.89. The second-order valence-corrected chi connectivity index (χ2v) is 9.62. The first kappa shape index (κ1) is 23.3. The molecule has 0 bridgehead atoms. The van der Waals surface area contributed by atoms with Crippen molar-refractivity contribution in [2.24, 2.45) is 5.92 Å². The van der Waals surface area contributed by atoms with Crippen molar-refractivity contribution in [2.45, 2.75) is 31.6 Å². The molecular formula is C26H25Cl2N3O2. The lowest BCUT2D eigenvalue weighted by atomic mass is 10.1. The van der Waals surface area contributed by atoms with Crippen LogP contribution in [0, 0.1) is 5.92 Å². The quantitative estimate of drug-likeness (QED) is 0.322. The molecule has 5 nitrogen and oxygen atoms in total. The lowest BCUT2D eigenvalue weighted by molar-refractivity contribution is -0.132. The Hall–Kier alpha value is -2.89. The van der Waals surface area contributed by atoms with Gasteiger partial charge < -0.3 is 4.90 Å². The molecule has 7 heteroatoms. The van der Waals surface area contributed by atoms with Crippen molar-refractivity contribution in [3.8, 4) is 5.69 Å². The molecule has 3 aromatic carbocycles. The maximum absolute atomic E-state index is 13.7. The molecule has 1 heterocycles. The number of benzene rings is 3. The molecule has 33 heavy (non-hydrogen) atoms. The van der Waals surface area contributed by atoms with Gasteiger partial charge in [-0.05, 0) is 47.9 Å². The third kappa shape index (κ3) is 4.61. The van der Waals surface area contributed by atoms with E-state index in [1.54, 1.807) is 21.6 Å². The van der Waals surface area contributed by atoms with Crippen LogP contribution in [0.25, 0.3) is 27.4 Å². The van der Waals surface area contributed by atoms with Gasteiger partial charge in [0.05, 0.1) is 22.6 Å². The Morgan fingerprint density at radius 3 is 2.33 bits per heavy atom. The molecule has 0 radical (unpaired) electrons. The molecule has 0 N–H and O–H groups in total. The highest BCUT2D eigenvalue weighted by Crippen LogP contribution is 2.27. The number of rotatable bonds is 6. The molecule has 1 atom stereocenters. The van der Waals surface area contributed by atoms with Crippen LogP contribution < -0.4 is 5.56 Å². The summed E-state index contributed by atoms with van der Waals surface area (Å²) in [5.41, 5.74) is 1.07. The van der Waals surface area contributed by atoms with Crippen molar-refractivity contribution in [3.63, 3.8) is 0 Å². The lowest BCUT2D eigenvalue weighted by Gasteiger charge is -2.32. The van der Waals surface area contributed by atoms with E-state index >= 15 is 0 Å². The molecule has 0 aliphatic heterocycles. The molecule has 0 saturated carbocycles. The molecule has 4 aromatic rings. The molecular weight excluding hydrogens is 457 g/mol. The molecule has 0 spiro atoms. The Morgan fingerprint density at radius 2 is 1.64 bits per heavy atom. The van der Waals surface area contributed by atoms with E-state index in [4.69, 9.17) is 28.2 Å². The van der Waals surface area contributed by atoms with E-state index in [1.807, 2.05) is 75.4 Å². The Labute approximate surface area is 202 Å². The summed E-state index contributed by atoms with van der Waals surface area (Å²) in [6.07, 6.45) is 0. The van der Waals surface area contributed by atoms with Gasteiger partial charge in [-0.2, -0.15) is 0 Å². The van der Waals surface area contributed by atoms with Gasteiger partial charge in [-0.25, -0.2) is 4.98 Å². The van der Waals surface area contributed by atoms with Crippen LogP contribution in [0.5, 0.6) is 0 Å². The fraction of sp³-hybridized carbons (Fsp3) is 0.269. The third-order valence-electron chi connectivity index (χ3n) is 5.67. The van der Waals surface area contributed by atoms with E-state index in [-0.39, 0.29) is 11.5 Å². The van der Waals surface area contributed by atoms with E-state index in [9.17, 15) is 9.59 Å². The van der Waals surface area contributed by atoms with Gasteiger partial charge >= 0.3 is 0 Å². The average Bonchev–Trinajstić information content (AvgIpc) is 2.81. The number of halogens is 2. The standard InChI is InChI=1S/C26H25Cl2N3O2/c1-16(2)15-30(26(33)23(27)28)17(3)24-29-22-11-7-6-10-21(22)25(32)31(24)20-13-12-18-8-4-5-9-19(18)14-20/h4-14,16-17,23H,15H2,1-3H3. The normalized spacial score (nSPS) is 12.6. The lowest BCUT2D eigenvalue weighted by Crippen LogP contribution is -2.41. The number of amides is 1. The summed E-state index contributed by atoms with van der Waals surface area (Å²) in [7, 11) is 0. The van der Waals surface area contributed by atoms with Crippen LogP contribution in [0.2, 0.25) is 0 Å². The predicted molar refractivity (Wildman–Crippen MR) is 135 cm³/mol. The summed E-state index contributed by atoms with van der Waals surface area (Å²) in [6, 6.07) is 20.5. The SMILES string of the molecule is CC(C)CN(C(=O)C(Cl)Cl)C(C)c1nc2ccccc2c(=O)n1-c1ccc2ccccc2c1. The number of carbonyl (C=O) groups is 1. The number of hydrogen-bond donors (Lipinski definition) is 0. The van der Waals surface area contributed by atoms with Crippen LogP contribution in [0.15, 0.2) is 71.5 Å². The van der Waals surface area contributed by atoms with Gasteiger partial charge in [-0.1, -0.05) is 79.5 Å². The number of hydrogen-bond acceptors (Lipinski definition) is 3. The first-order chi connectivity index (χ1) is 15.8. The van der Waals surface area contributed by atoms with Crippen LogP contribution in [0.3, 0.4) is 0 Å². The number of carbonyl (C=O) groups excluding carboxylic acids is 1. The molecule has 0 saturated heterocycles. The molecule has 1 aromatic heterocycles. The van der Waals surface area contributed by atoms with Crippen molar-refractivity contribution >= 4 is 50.8 Å². The van der Waals surface area contributed by atoms with Gasteiger partial charge in [-0.15, -0.1) is 0 Å². The van der Waals surface area contributed by atoms with Gasteiger partial charge in [0.1, 0.15) is 5.82 Å². The zero-order valence-electron chi connectivity index (χ0n) is 18.7. The molecule has 0 fully saturated rings. The van der Waals surface area contributed by atoms with Crippen LogP contribution in [-0.4, -0.2) is 31.7 Å². The molecule has 0 aliphatic rings. The highest BCUT2D eigenvalue weighted by Gasteiger charge is 2.30. The average molecular weight is 482 g/mol. The van der Waals surface area contributed by atoms with Gasteiger partial charge in [-0.3, -0.25) is 14.2 Å². The molecule has 4 rings (SSSR count). The van der Waals surface area contributed by atoms with Gasteiger partial charge in [0.15, 0.2) is 4.84 Å². The van der Waals surface area contributed by atoms with Crippen molar-refractivity contribution < 1.29 is 4.79 Å². The van der Waals surface area contributed by atoms with E-state index in [0.29, 0.717) is 29.0 Å². The Kier molecular flexibility index (Phi) is 6.73.